The molecule has 3 rings (SSSR count). The number of nitrogens with one attached hydrogen (secondary N) is 3. The van der Waals surface area contributed by atoms with Crippen LogP contribution in [0.4, 0.5) is 0 Å². The Balaban J connectivity index is 1.80. The Morgan fingerprint density at radius 3 is 2.61 bits per heavy atom. The third-order valence-corrected chi connectivity index (χ3v) is 6.40. The minimum Gasteiger partial charge on any atom is -0.458 e. The van der Waals surface area contributed by atoms with Crippen LogP contribution in [-0.2, 0) is 30.3 Å². The molecule has 2 aliphatic rings. The first kappa shape index (κ1) is 22.8. The molecule has 5 N–H and O–H groups in total. The van der Waals surface area contributed by atoms with Crippen LogP contribution in [0.1, 0.15) is 25.6 Å². The molecule has 3 atom stereocenters. The molecule has 1 fully saturated rings. The van der Waals surface area contributed by atoms with Crippen LogP contribution in [0.3, 0.4) is 0 Å². The first-order valence-corrected chi connectivity index (χ1v) is 11.2. The minimum absolute atomic E-state index is 0.0533. The van der Waals surface area contributed by atoms with Gasteiger partial charge in [-0.2, -0.15) is 0 Å². The summed E-state index contributed by atoms with van der Waals surface area (Å²) in [4.78, 5) is 52.7. The summed E-state index contributed by atoms with van der Waals surface area (Å²) in [6.45, 7) is 5.01. The van der Waals surface area contributed by atoms with Gasteiger partial charge in [-0.1, -0.05) is 6.07 Å². The number of thiophene rings is 1. The fraction of sp³-hybridized carbons (Fsp3) is 0.421. The van der Waals surface area contributed by atoms with Gasteiger partial charge in [0.25, 0.3) is 5.91 Å². The molecule has 2 unspecified atom stereocenters. The lowest BCUT2D eigenvalue weighted by Gasteiger charge is -2.51. The van der Waals surface area contributed by atoms with Gasteiger partial charge >= 0.3 is 5.97 Å². The summed E-state index contributed by atoms with van der Waals surface area (Å²) in [7, 11) is 0. The van der Waals surface area contributed by atoms with Crippen LogP contribution in [0.2, 0.25) is 0 Å². The van der Waals surface area contributed by atoms with E-state index in [2.05, 4.69) is 10.6 Å². The lowest BCUT2D eigenvalue weighted by Crippen LogP contribution is -2.74. The Labute approximate surface area is 187 Å². The molecule has 12 heteroatoms. The Bertz CT molecular complexity index is 953. The topological polar surface area (TPSA) is 155 Å². The van der Waals surface area contributed by atoms with E-state index >= 15 is 0 Å². The van der Waals surface area contributed by atoms with E-state index in [4.69, 9.17) is 15.9 Å². The van der Waals surface area contributed by atoms with Crippen LogP contribution in [0.25, 0.3) is 0 Å². The van der Waals surface area contributed by atoms with E-state index in [9.17, 15) is 19.2 Å². The Kier molecular flexibility index (Phi) is 6.41. The second-order valence-corrected chi connectivity index (χ2v) is 9.97. The fourth-order valence-corrected chi connectivity index (χ4v) is 5.09. The number of rotatable bonds is 5. The number of ether oxygens (including phenoxy) is 1. The monoisotopic (exact) mass is 465 g/mol. The molecule has 0 aliphatic carbocycles. The molecule has 1 aromatic heterocycles. The molecule has 166 valence electrons. The Morgan fingerprint density at radius 2 is 2.03 bits per heavy atom. The SMILES string of the molecule is CC(C)(C)OC(=O)C1C(C(=O)NC(=N)N)=CS[C@@H]2C(NC(=O)Cc3cccs3)C(=O)N12. The van der Waals surface area contributed by atoms with Crippen molar-refractivity contribution >= 4 is 52.7 Å². The van der Waals surface area contributed by atoms with E-state index in [1.54, 1.807) is 20.8 Å². The molecular formula is C19H23N5O5S2. The summed E-state index contributed by atoms with van der Waals surface area (Å²) >= 11 is 2.57. The number of guanidine groups is 1. The number of carbonyl (C=O) groups is 4. The van der Waals surface area contributed by atoms with Gasteiger partial charge in [0.15, 0.2) is 12.0 Å². The second kappa shape index (κ2) is 8.71. The molecule has 0 aromatic carbocycles. The van der Waals surface area contributed by atoms with E-state index in [0.29, 0.717) is 0 Å². The van der Waals surface area contributed by atoms with Crippen molar-refractivity contribution in [2.45, 2.75) is 50.3 Å². The zero-order chi connectivity index (χ0) is 22.9. The second-order valence-electron chi connectivity index (χ2n) is 7.95. The molecule has 0 saturated carbocycles. The molecule has 3 amide bonds. The van der Waals surface area contributed by atoms with Crippen LogP contribution in [0.15, 0.2) is 28.5 Å². The summed E-state index contributed by atoms with van der Waals surface area (Å²) in [5, 5.41) is 14.8. The molecule has 0 spiro atoms. The van der Waals surface area contributed by atoms with E-state index in [0.717, 1.165) is 16.6 Å². The van der Waals surface area contributed by atoms with Gasteiger partial charge in [0.2, 0.25) is 11.8 Å². The lowest BCUT2D eigenvalue weighted by atomic mass is 9.97. The molecular weight excluding hydrogens is 442 g/mol. The molecule has 2 aliphatic heterocycles. The summed E-state index contributed by atoms with van der Waals surface area (Å²) < 4.78 is 5.42. The minimum atomic E-state index is -1.30. The number of hydrogen-bond acceptors (Lipinski definition) is 8. The van der Waals surface area contributed by atoms with Gasteiger partial charge in [-0.15, -0.1) is 23.1 Å². The van der Waals surface area contributed by atoms with Crippen molar-refractivity contribution in [3.8, 4) is 0 Å². The van der Waals surface area contributed by atoms with Crippen LogP contribution in [0, 0.1) is 5.41 Å². The van der Waals surface area contributed by atoms with Crippen molar-refractivity contribution in [3.05, 3.63) is 33.4 Å². The molecule has 0 bridgehead atoms. The van der Waals surface area contributed by atoms with Crippen molar-refractivity contribution in [2.75, 3.05) is 0 Å². The summed E-state index contributed by atoms with van der Waals surface area (Å²) in [6.07, 6.45) is 0.149. The van der Waals surface area contributed by atoms with E-state index in [-0.39, 0.29) is 17.9 Å². The van der Waals surface area contributed by atoms with Gasteiger partial charge in [0, 0.05) is 4.88 Å². The quantitative estimate of drug-likeness (QED) is 0.211. The van der Waals surface area contributed by atoms with Gasteiger partial charge in [0.05, 0.1) is 12.0 Å². The van der Waals surface area contributed by atoms with Crippen LogP contribution >= 0.6 is 23.1 Å². The normalized spacial score (nSPS) is 22.5. The number of esters is 1. The van der Waals surface area contributed by atoms with Gasteiger partial charge < -0.3 is 20.7 Å². The number of nitrogens with two attached hydrogens (primary N) is 1. The van der Waals surface area contributed by atoms with Crippen LogP contribution < -0.4 is 16.4 Å². The fourth-order valence-electron chi connectivity index (χ4n) is 3.16. The zero-order valence-electron chi connectivity index (χ0n) is 17.1. The third-order valence-electron chi connectivity index (χ3n) is 4.36. The third kappa shape index (κ3) is 5.07. The van der Waals surface area contributed by atoms with Crippen molar-refractivity contribution in [3.63, 3.8) is 0 Å². The van der Waals surface area contributed by atoms with Crippen molar-refractivity contribution in [1.82, 2.24) is 15.5 Å². The zero-order valence-corrected chi connectivity index (χ0v) is 18.8. The number of carbonyl (C=O) groups excluding carboxylic acids is 4. The first-order valence-electron chi connectivity index (χ1n) is 9.35. The highest BCUT2D eigenvalue weighted by Crippen LogP contribution is 2.40. The van der Waals surface area contributed by atoms with E-state index < -0.39 is 46.8 Å². The molecule has 31 heavy (non-hydrogen) atoms. The summed E-state index contributed by atoms with van der Waals surface area (Å²) in [6, 6.07) is 1.54. The van der Waals surface area contributed by atoms with Gasteiger partial charge in [-0.05, 0) is 37.6 Å². The molecule has 0 radical (unpaired) electrons. The maximum absolute atomic E-state index is 12.9. The first-order chi connectivity index (χ1) is 14.5. The summed E-state index contributed by atoms with van der Waals surface area (Å²) in [5.41, 5.74) is 4.33. The number of thioether (sulfide) groups is 1. The predicted molar refractivity (Wildman–Crippen MR) is 116 cm³/mol. The van der Waals surface area contributed by atoms with Gasteiger partial charge in [0.1, 0.15) is 17.0 Å². The van der Waals surface area contributed by atoms with Crippen LogP contribution in [-0.4, -0.2) is 57.6 Å². The highest BCUT2D eigenvalue weighted by Gasteiger charge is 2.57. The van der Waals surface area contributed by atoms with E-state index in [1.807, 2.05) is 17.5 Å². The van der Waals surface area contributed by atoms with Crippen molar-refractivity contribution in [1.29, 1.82) is 5.41 Å². The maximum atomic E-state index is 12.9. The van der Waals surface area contributed by atoms with Crippen molar-refractivity contribution < 1.29 is 23.9 Å². The van der Waals surface area contributed by atoms with E-state index in [1.165, 1.54) is 21.6 Å². The smallest absolute Gasteiger partial charge is 0.334 e. The number of fused-ring (bicyclic) bond motifs is 1. The molecule has 10 nitrogen and oxygen atoms in total. The van der Waals surface area contributed by atoms with Crippen molar-refractivity contribution in [2.24, 2.45) is 5.73 Å². The summed E-state index contributed by atoms with van der Waals surface area (Å²) in [5.74, 6) is -2.94. The number of β-lactam (4-membered cyclic amide) rings is 1. The lowest BCUT2D eigenvalue weighted by molar-refractivity contribution is -0.170. The largest absolute Gasteiger partial charge is 0.458 e. The van der Waals surface area contributed by atoms with Gasteiger partial charge in [-0.25, -0.2) is 4.79 Å². The average molecular weight is 466 g/mol. The number of amides is 3. The Morgan fingerprint density at radius 1 is 1.32 bits per heavy atom. The number of nitrogens with zero attached hydrogens (tertiary/aromatic N) is 1. The maximum Gasteiger partial charge on any atom is 0.334 e. The predicted octanol–water partition coefficient (Wildman–Crippen LogP) is 0.294. The molecule has 1 aromatic rings. The standard InChI is InChI=1S/C19H23N5O5S2/c1-19(2,3)29-17(28)13-10(14(26)23-18(20)21)8-31-16-12(15(27)24(13)16)22-11(25)7-9-5-4-6-30-9/h4-6,8,12-13,16H,7H2,1-3H3,(H,22,25)(H4,20,21,23,26)/t12?,13?,16-/m1/s1. The average Bonchev–Trinajstić information content (AvgIpc) is 3.15. The van der Waals surface area contributed by atoms with Gasteiger partial charge in [-0.3, -0.25) is 25.1 Å². The molecule has 3 heterocycles. The Hall–Kier alpha value is -2.86. The molecule has 1 saturated heterocycles. The highest BCUT2D eigenvalue weighted by atomic mass is 32.2. The van der Waals surface area contributed by atoms with Crippen LogP contribution in [0.5, 0.6) is 0 Å². The number of hydrogen-bond donors (Lipinski definition) is 4. The highest BCUT2D eigenvalue weighted by molar-refractivity contribution is 8.03.